The third kappa shape index (κ3) is 2.61. The van der Waals surface area contributed by atoms with Crippen molar-refractivity contribution in [3.05, 3.63) is 0 Å². The Bertz CT molecular complexity index is 472. The average molecular weight is 317 g/mol. The summed E-state index contributed by atoms with van der Waals surface area (Å²) in [6.07, 6.45) is 0.600. The average Bonchev–Trinajstić information content (AvgIpc) is 2.64. The van der Waals surface area contributed by atoms with Crippen LogP contribution in [0.15, 0.2) is 0 Å². The molecule has 2 heterocycles. The molecule has 2 aliphatic rings. The number of amides is 2. The van der Waals surface area contributed by atoms with Crippen molar-refractivity contribution in [1.29, 1.82) is 0 Å². The van der Waals surface area contributed by atoms with Crippen molar-refractivity contribution in [2.24, 2.45) is 11.3 Å². The summed E-state index contributed by atoms with van der Waals surface area (Å²) in [4.78, 5) is 38.8. The lowest BCUT2D eigenvalue weighted by molar-refractivity contribution is -0.160. The predicted octanol–water partition coefficient (Wildman–Crippen LogP) is 0.784. The second-order valence-electron chi connectivity index (χ2n) is 6.37. The van der Waals surface area contributed by atoms with Crippen molar-refractivity contribution in [2.45, 2.75) is 38.6 Å². The number of likely N-dealkylation sites (tertiary alicyclic amines) is 2. The zero-order valence-electron chi connectivity index (χ0n) is 12.5. The van der Waals surface area contributed by atoms with E-state index < -0.39 is 22.8 Å². The maximum Gasteiger partial charge on any atom is 0.326 e. The van der Waals surface area contributed by atoms with Crippen LogP contribution in [0.5, 0.6) is 0 Å². The molecule has 118 valence electrons. The summed E-state index contributed by atoms with van der Waals surface area (Å²) in [5, 5.41) is 8.72. The van der Waals surface area contributed by atoms with E-state index in [1.165, 1.54) is 4.90 Å². The van der Waals surface area contributed by atoms with Gasteiger partial charge >= 0.3 is 5.97 Å². The highest BCUT2D eigenvalue weighted by atomic mass is 35.5. The Hall–Kier alpha value is -1.30. The van der Waals surface area contributed by atoms with Gasteiger partial charge in [0.2, 0.25) is 11.8 Å². The molecule has 21 heavy (non-hydrogen) atoms. The SMILES string of the molecule is CC(C)[C@@H](C(=O)O)N1CCC2(CN(C(=O)[C@@H](C)Cl)C2)C1=O. The Morgan fingerprint density at radius 2 is 1.86 bits per heavy atom. The highest BCUT2D eigenvalue weighted by molar-refractivity contribution is 6.30. The molecule has 1 N–H and O–H groups in total. The second kappa shape index (κ2) is 5.48. The monoisotopic (exact) mass is 316 g/mol. The number of aliphatic carboxylic acids is 1. The maximum atomic E-state index is 12.6. The van der Waals surface area contributed by atoms with Gasteiger partial charge in [0.25, 0.3) is 0 Å². The smallest absolute Gasteiger partial charge is 0.326 e. The molecule has 1 spiro atoms. The van der Waals surface area contributed by atoms with Gasteiger partial charge in [-0.05, 0) is 19.3 Å². The van der Waals surface area contributed by atoms with Crippen molar-refractivity contribution in [1.82, 2.24) is 9.80 Å². The Labute approximate surface area is 129 Å². The maximum absolute atomic E-state index is 12.6. The molecule has 0 aliphatic carbocycles. The lowest BCUT2D eigenvalue weighted by Crippen LogP contribution is -2.63. The lowest BCUT2D eigenvalue weighted by atomic mass is 9.78. The number of carboxylic acids is 1. The Kier molecular flexibility index (Phi) is 4.19. The first-order valence-corrected chi connectivity index (χ1v) is 7.60. The van der Waals surface area contributed by atoms with Gasteiger partial charge < -0.3 is 14.9 Å². The summed E-state index contributed by atoms with van der Waals surface area (Å²) in [6, 6.07) is -0.798. The Morgan fingerprint density at radius 3 is 2.29 bits per heavy atom. The number of halogens is 1. The summed E-state index contributed by atoms with van der Waals surface area (Å²) in [7, 11) is 0. The van der Waals surface area contributed by atoms with E-state index in [9.17, 15) is 19.5 Å². The topological polar surface area (TPSA) is 77.9 Å². The molecule has 2 saturated heterocycles. The number of rotatable bonds is 4. The molecule has 0 aromatic rings. The highest BCUT2D eigenvalue weighted by Gasteiger charge is 2.58. The highest BCUT2D eigenvalue weighted by Crippen LogP contribution is 2.42. The van der Waals surface area contributed by atoms with E-state index in [4.69, 9.17) is 11.6 Å². The van der Waals surface area contributed by atoms with E-state index in [1.54, 1.807) is 25.7 Å². The number of carboxylic acid groups (broad SMARTS) is 1. The van der Waals surface area contributed by atoms with Crippen LogP contribution >= 0.6 is 11.6 Å². The molecule has 0 saturated carbocycles. The fourth-order valence-corrected chi connectivity index (χ4v) is 3.41. The van der Waals surface area contributed by atoms with Gasteiger partial charge in [-0.25, -0.2) is 4.79 Å². The number of carbonyl (C=O) groups excluding carboxylic acids is 2. The minimum absolute atomic E-state index is 0.144. The molecule has 0 unspecified atom stereocenters. The van der Waals surface area contributed by atoms with Crippen LogP contribution in [0.4, 0.5) is 0 Å². The molecule has 0 radical (unpaired) electrons. The van der Waals surface area contributed by atoms with Crippen LogP contribution in [-0.4, -0.2) is 63.7 Å². The fourth-order valence-electron chi connectivity index (χ4n) is 3.28. The van der Waals surface area contributed by atoms with Crippen molar-refractivity contribution in [2.75, 3.05) is 19.6 Å². The summed E-state index contributed by atoms with van der Waals surface area (Å²) in [6.45, 7) is 6.33. The van der Waals surface area contributed by atoms with Crippen LogP contribution in [-0.2, 0) is 14.4 Å². The first kappa shape index (κ1) is 16.1. The molecule has 2 rings (SSSR count). The van der Waals surface area contributed by atoms with Gasteiger partial charge in [-0.3, -0.25) is 9.59 Å². The third-order valence-electron chi connectivity index (χ3n) is 4.41. The molecule has 2 aliphatic heterocycles. The molecule has 0 aromatic carbocycles. The second-order valence-corrected chi connectivity index (χ2v) is 7.02. The van der Waals surface area contributed by atoms with E-state index in [1.807, 2.05) is 0 Å². The molecule has 7 heteroatoms. The minimum atomic E-state index is -0.975. The molecule has 2 fully saturated rings. The number of alkyl halides is 1. The van der Waals surface area contributed by atoms with E-state index >= 15 is 0 Å². The summed E-state index contributed by atoms with van der Waals surface area (Å²) < 4.78 is 0. The number of hydrogen-bond acceptors (Lipinski definition) is 3. The first-order chi connectivity index (χ1) is 9.69. The Balaban J connectivity index is 2.07. The van der Waals surface area contributed by atoms with Gasteiger partial charge in [-0.15, -0.1) is 11.6 Å². The predicted molar refractivity (Wildman–Crippen MR) is 76.9 cm³/mol. The van der Waals surface area contributed by atoms with Gasteiger partial charge in [-0.2, -0.15) is 0 Å². The van der Waals surface area contributed by atoms with Crippen molar-refractivity contribution in [3.63, 3.8) is 0 Å². The van der Waals surface area contributed by atoms with Crippen LogP contribution in [0, 0.1) is 11.3 Å². The summed E-state index contributed by atoms with van der Waals surface area (Å²) in [5.41, 5.74) is -0.593. The van der Waals surface area contributed by atoms with Crippen molar-refractivity contribution < 1.29 is 19.5 Å². The molecule has 0 bridgehead atoms. The molecular weight excluding hydrogens is 296 g/mol. The van der Waals surface area contributed by atoms with Crippen molar-refractivity contribution in [3.8, 4) is 0 Å². The molecule has 2 amide bonds. The van der Waals surface area contributed by atoms with Crippen LogP contribution < -0.4 is 0 Å². The number of hydrogen-bond donors (Lipinski definition) is 1. The molecule has 2 atom stereocenters. The Morgan fingerprint density at radius 1 is 1.29 bits per heavy atom. The summed E-state index contributed by atoms with van der Waals surface area (Å²) >= 11 is 5.77. The van der Waals surface area contributed by atoms with Gasteiger partial charge in [-0.1, -0.05) is 13.8 Å². The van der Waals surface area contributed by atoms with Gasteiger partial charge in [0.05, 0.1) is 5.41 Å². The number of carbonyl (C=O) groups is 3. The van der Waals surface area contributed by atoms with Gasteiger partial charge in [0.1, 0.15) is 11.4 Å². The standard InChI is InChI=1S/C14H21ClN2O4/c1-8(2)10(12(19)20)17-5-4-14(13(17)21)6-16(7-14)11(18)9(3)15/h8-10H,4-7H2,1-3H3,(H,19,20)/t9-,10+/m1/s1. The minimum Gasteiger partial charge on any atom is -0.480 e. The lowest BCUT2D eigenvalue weighted by Gasteiger charge is -2.47. The first-order valence-electron chi connectivity index (χ1n) is 7.16. The van der Waals surface area contributed by atoms with E-state index in [2.05, 4.69) is 0 Å². The van der Waals surface area contributed by atoms with Crippen LogP contribution in [0.25, 0.3) is 0 Å². The largest absolute Gasteiger partial charge is 0.480 e. The zero-order chi connectivity index (χ0) is 15.9. The van der Waals surface area contributed by atoms with Crippen LogP contribution in [0.3, 0.4) is 0 Å². The van der Waals surface area contributed by atoms with Gasteiger partial charge in [0, 0.05) is 19.6 Å². The number of nitrogens with zero attached hydrogens (tertiary/aromatic N) is 2. The van der Waals surface area contributed by atoms with Gasteiger partial charge in [0.15, 0.2) is 0 Å². The third-order valence-corrected chi connectivity index (χ3v) is 4.59. The van der Waals surface area contributed by atoms with Crippen molar-refractivity contribution >= 4 is 29.4 Å². The van der Waals surface area contributed by atoms with E-state index in [-0.39, 0.29) is 17.7 Å². The normalized spacial score (nSPS) is 23.4. The molecular formula is C14H21ClN2O4. The fraction of sp³-hybridized carbons (Fsp3) is 0.786. The molecule has 6 nitrogen and oxygen atoms in total. The zero-order valence-corrected chi connectivity index (χ0v) is 13.3. The van der Waals surface area contributed by atoms with E-state index in [0.29, 0.717) is 26.1 Å². The van der Waals surface area contributed by atoms with Crippen LogP contribution in [0.2, 0.25) is 0 Å². The van der Waals surface area contributed by atoms with E-state index in [0.717, 1.165) is 0 Å². The quantitative estimate of drug-likeness (QED) is 0.778. The van der Waals surface area contributed by atoms with Crippen LogP contribution in [0.1, 0.15) is 27.2 Å². The summed E-state index contributed by atoms with van der Waals surface area (Å²) in [5.74, 6) is -1.44. The molecule has 0 aromatic heterocycles.